The van der Waals surface area contributed by atoms with E-state index in [2.05, 4.69) is 28.2 Å². The lowest BCUT2D eigenvalue weighted by atomic mass is 9.82. The average molecular weight is 367 g/mol. The highest BCUT2D eigenvalue weighted by molar-refractivity contribution is 9.10. The van der Waals surface area contributed by atoms with Crippen LogP contribution < -0.4 is 5.32 Å². The van der Waals surface area contributed by atoms with Crippen LogP contribution in [-0.4, -0.2) is 20.4 Å². The van der Waals surface area contributed by atoms with Gasteiger partial charge in [-0.25, -0.2) is 8.42 Å². The smallest absolute Gasteiger partial charge is 0.262 e. The van der Waals surface area contributed by atoms with Gasteiger partial charge in [0.1, 0.15) is 0 Å². The predicted molar refractivity (Wildman–Crippen MR) is 76.8 cm³/mol. The molecule has 2 rings (SSSR count). The van der Waals surface area contributed by atoms with E-state index in [1.807, 2.05) is 0 Å². The second kappa shape index (κ2) is 5.42. The number of hydrogen-bond acceptors (Lipinski definition) is 3. The number of amides is 1. The Bertz CT molecular complexity index is 611. The Morgan fingerprint density at radius 2 is 2.05 bits per heavy atom. The van der Waals surface area contributed by atoms with E-state index in [9.17, 15) is 13.2 Å². The van der Waals surface area contributed by atoms with Gasteiger partial charge in [0.05, 0.1) is 4.90 Å². The third-order valence-corrected chi connectivity index (χ3v) is 5.48. The van der Waals surface area contributed by atoms with Crippen molar-refractivity contribution in [1.29, 1.82) is 0 Å². The summed E-state index contributed by atoms with van der Waals surface area (Å²) in [6, 6.07) is 4.53. The number of nitrogens with one attached hydrogen (secondary N) is 1. The van der Waals surface area contributed by atoms with E-state index in [1.165, 1.54) is 12.1 Å². The monoisotopic (exact) mass is 365 g/mol. The molecule has 1 aromatic carbocycles. The first-order chi connectivity index (χ1) is 8.77. The number of benzene rings is 1. The lowest BCUT2D eigenvalue weighted by Gasteiger charge is -2.33. The molecule has 0 radical (unpaired) electrons. The van der Waals surface area contributed by atoms with Crippen molar-refractivity contribution in [3.63, 3.8) is 0 Å². The van der Waals surface area contributed by atoms with Crippen LogP contribution in [0.15, 0.2) is 27.6 Å². The quantitative estimate of drug-likeness (QED) is 0.837. The molecule has 0 spiro atoms. The van der Waals surface area contributed by atoms with Crippen molar-refractivity contribution in [2.24, 2.45) is 5.92 Å². The van der Waals surface area contributed by atoms with Gasteiger partial charge in [-0.3, -0.25) is 4.79 Å². The van der Waals surface area contributed by atoms with Gasteiger partial charge in [-0.05, 0) is 52.9 Å². The SMILES string of the molecule is CC1CC(NC(=O)c2ccc(Br)c(S(=O)(=O)Cl)c2)C1. The van der Waals surface area contributed by atoms with Crippen LogP contribution in [0.25, 0.3) is 0 Å². The van der Waals surface area contributed by atoms with E-state index in [-0.39, 0.29) is 16.8 Å². The Hall–Kier alpha value is -0.590. The summed E-state index contributed by atoms with van der Waals surface area (Å²) < 4.78 is 23.1. The fraction of sp³-hybridized carbons (Fsp3) is 0.417. The highest BCUT2D eigenvalue weighted by Crippen LogP contribution is 2.28. The summed E-state index contributed by atoms with van der Waals surface area (Å²) in [4.78, 5) is 11.9. The highest BCUT2D eigenvalue weighted by atomic mass is 79.9. The van der Waals surface area contributed by atoms with Crippen molar-refractivity contribution >= 4 is 41.6 Å². The molecule has 1 amide bonds. The summed E-state index contributed by atoms with van der Waals surface area (Å²) in [5, 5.41) is 2.87. The molecule has 0 bridgehead atoms. The third kappa shape index (κ3) is 3.49. The molecule has 0 atom stereocenters. The van der Waals surface area contributed by atoms with Crippen LogP contribution in [0, 0.1) is 5.92 Å². The van der Waals surface area contributed by atoms with E-state index in [0.717, 1.165) is 12.8 Å². The van der Waals surface area contributed by atoms with E-state index >= 15 is 0 Å². The van der Waals surface area contributed by atoms with Crippen molar-refractivity contribution in [1.82, 2.24) is 5.32 Å². The number of carbonyl (C=O) groups is 1. The first-order valence-corrected chi connectivity index (χ1v) is 8.92. The molecule has 1 aliphatic carbocycles. The van der Waals surface area contributed by atoms with Gasteiger partial charge >= 0.3 is 0 Å². The van der Waals surface area contributed by atoms with Crippen molar-refractivity contribution in [3.05, 3.63) is 28.2 Å². The van der Waals surface area contributed by atoms with Crippen LogP contribution in [0.2, 0.25) is 0 Å². The summed E-state index contributed by atoms with van der Waals surface area (Å²) in [6.07, 6.45) is 1.92. The van der Waals surface area contributed by atoms with Crippen molar-refractivity contribution in [2.75, 3.05) is 0 Å². The van der Waals surface area contributed by atoms with Gasteiger partial charge in [0.15, 0.2) is 0 Å². The number of hydrogen-bond donors (Lipinski definition) is 1. The molecule has 0 aliphatic heterocycles. The van der Waals surface area contributed by atoms with E-state index in [0.29, 0.717) is 16.0 Å². The molecular formula is C12H13BrClNO3S. The molecule has 0 unspecified atom stereocenters. The molecule has 7 heteroatoms. The molecule has 104 valence electrons. The first kappa shape index (κ1) is 14.8. The lowest BCUT2D eigenvalue weighted by molar-refractivity contribution is 0.0896. The van der Waals surface area contributed by atoms with Crippen LogP contribution in [-0.2, 0) is 9.05 Å². The normalized spacial score (nSPS) is 22.7. The predicted octanol–water partition coefficient (Wildman–Crippen LogP) is 2.90. The number of carbonyl (C=O) groups excluding carboxylic acids is 1. The maximum atomic E-state index is 12.0. The zero-order valence-electron chi connectivity index (χ0n) is 10.2. The minimum absolute atomic E-state index is 0.0937. The molecule has 1 fully saturated rings. The summed E-state index contributed by atoms with van der Waals surface area (Å²) in [7, 11) is 1.44. The number of rotatable bonds is 3. The number of halogens is 2. The van der Waals surface area contributed by atoms with E-state index in [4.69, 9.17) is 10.7 Å². The summed E-state index contributed by atoms with van der Waals surface area (Å²) >= 11 is 3.10. The topological polar surface area (TPSA) is 63.2 Å². The van der Waals surface area contributed by atoms with Crippen molar-refractivity contribution in [2.45, 2.75) is 30.7 Å². The maximum Gasteiger partial charge on any atom is 0.262 e. The first-order valence-electron chi connectivity index (χ1n) is 5.82. The molecule has 1 N–H and O–H groups in total. The zero-order valence-corrected chi connectivity index (χ0v) is 13.3. The van der Waals surface area contributed by atoms with Gasteiger partial charge in [0, 0.05) is 26.8 Å². The molecule has 0 aromatic heterocycles. The van der Waals surface area contributed by atoms with Crippen LogP contribution in [0.3, 0.4) is 0 Å². The van der Waals surface area contributed by atoms with Gasteiger partial charge in [-0.1, -0.05) is 6.92 Å². The minimum atomic E-state index is -3.87. The van der Waals surface area contributed by atoms with Crippen molar-refractivity contribution < 1.29 is 13.2 Å². The van der Waals surface area contributed by atoms with E-state index < -0.39 is 9.05 Å². The standard InChI is InChI=1S/C12H13BrClNO3S/c1-7-4-9(5-7)15-12(16)8-2-3-10(13)11(6-8)19(14,17)18/h2-3,6-7,9H,4-5H2,1H3,(H,15,16). The Balaban J connectivity index is 2.19. The van der Waals surface area contributed by atoms with Crippen LogP contribution >= 0.6 is 26.6 Å². The van der Waals surface area contributed by atoms with Crippen molar-refractivity contribution in [3.8, 4) is 0 Å². The molecule has 1 saturated carbocycles. The fourth-order valence-electron chi connectivity index (χ4n) is 2.12. The molecule has 1 aromatic rings. The minimum Gasteiger partial charge on any atom is -0.349 e. The maximum absolute atomic E-state index is 12.0. The summed E-state index contributed by atoms with van der Waals surface area (Å²) in [6.45, 7) is 2.13. The Morgan fingerprint density at radius 3 is 2.58 bits per heavy atom. The zero-order chi connectivity index (χ0) is 14.2. The summed E-state index contributed by atoms with van der Waals surface area (Å²) in [5.41, 5.74) is 0.293. The van der Waals surface area contributed by atoms with E-state index in [1.54, 1.807) is 6.07 Å². The Kier molecular flexibility index (Phi) is 4.23. The van der Waals surface area contributed by atoms with Crippen LogP contribution in [0.1, 0.15) is 30.1 Å². The molecule has 0 heterocycles. The van der Waals surface area contributed by atoms with Crippen LogP contribution in [0.4, 0.5) is 0 Å². The van der Waals surface area contributed by atoms with Gasteiger partial charge in [-0.15, -0.1) is 0 Å². The highest BCUT2D eigenvalue weighted by Gasteiger charge is 2.27. The molecule has 1 aliphatic rings. The van der Waals surface area contributed by atoms with Gasteiger partial charge in [-0.2, -0.15) is 0 Å². The summed E-state index contributed by atoms with van der Waals surface area (Å²) in [5.74, 6) is 0.361. The molecule has 19 heavy (non-hydrogen) atoms. The Morgan fingerprint density at radius 1 is 1.42 bits per heavy atom. The fourth-order valence-corrected chi connectivity index (χ4v) is 4.24. The Labute approximate surface area is 125 Å². The third-order valence-electron chi connectivity index (χ3n) is 3.17. The molecular weight excluding hydrogens is 354 g/mol. The second-order valence-corrected chi connectivity index (χ2v) is 8.22. The van der Waals surface area contributed by atoms with Crippen LogP contribution in [0.5, 0.6) is 0 Å². The largest absolute Gasteiger partial charge is 0.349 e. The van der Waals surface area contributed by atoms with Gasteiger partial charge in [0.2, 0.25) is 0 Å². The lowest BCUT2D eigenvalue weighted by Crippen LogP contribution is -2.43. The second-order valence-electron chi connectivity index (χ2n) is 4.83. The molecule has 0 saturated heterocycles. The average Bonchev–Trinajstić information content (AvgIpc) is 2.25. The van der Waals surface area contributed by atoms with Gasteiger partial charge in [0.25, 0.3) is 15.0 Å². The molecule has 4 nitrogen and oxygen atoms in total. The van der Waals surface area contributed by atoms with Gasteiger partial charge < -0.3 is 5.32 Å².